The summed E-state index contributed by atoms with van der Waals surface area (Å²) in [5, 5.41) is 10.9. The van der Waals surface area contributed by atoms with Crippen LogP contribution in [-0.2, 0) is 28.8 Å². The average molecular weight is 709 g/mol. The van der Waals surface area contributed by atoms with Crippen molar-refractivity contribution in [1.82, 2.24) is 15.5 Å². The molecule has 1 spiro atoms. The number of carbonyl (C=O) groups is 5. The molecule has 2 heterocycles. The van der Waals surface area contributed by atoms with E-state index in [0.717, 1.165) is 37.7 Å². The predicted octanol–water partition coefficient (Wildman–Crippen LogP) is 5.77. The molecule has 1 unspecified atom stereocenters. The van der Waals surface area contributed by atoms with Gasteiger partial charge in [-0.1, -0.05) is 95.1 Å². The van der Waals surface area contributed by atoms with Gasteiger partial charge in [-0.15, -0.1) is 0 Å². The maximum absolute atomic E-state index is 14.7. The molecule has 6 rings (SSSR count). The van der Waals surface area contributed by atoms with Crippen LogP contribution in [0.5, 0.6) is 0 Å². The first-order valence-electron chi connectivity index (χ1n) is 18.8. The van der Waals surface area contributed by atoms with Crippen molar-refractivity contribution in [3.05, 3.63) is 34.9 Å². The minimum absolute atomic E-state index is 0.0705. The highest BCUT2D eigenvalue weighted by atomic mass is 35.5. The van der Waals surface area contributed by atoms with Crippen molar-refractivity contribution in [3.63, 3.8) is 0 Å². The van der Waals surface area contributed by atoms with E-state index in [4.69, 9.17) is 16.4 Å². The van der Waals surface area contributed by atoms with Gasteiger partial charge in [0, 0.05) is 35.8 Å². The molecule has 4 fully saturated rings. The van der Waals surface area contributed by atoms with Crippen LogP contribution in [0.2, 0.25) is 5.02 Å². The quantitative estimate of drug-likeness (QED) is 0.250. The van der Waals surface area contributed by atoms with E-state index in [2.05, 4.69) is 15.8 Å². The molecule has 1 saturated heterocycles. The van der Waals surface area contributed by atoms with Gasteiger partial charge >= 0.3 is 0 Å². The smallest absolute Gasteiger partial charge is 0.246 e. The highest BCUT2D eigenvalue weighted by molar-refractivity contribution is 6.39. The van der Waals surface area contributed by atoms with Crippen molar-refractivity contribution in [3.8, 4) is 0 Å². The number of halogens is 1. The molecule has 0 aromatic heterocycles. The van der Waals surface area contributed by atoms with Crippen LogP contribution in [0.3, 0.4) is 0 Å². The fraction of sp³-hybridized carbons (Fsp3) is 0.692. The number of ketones is 2. The van der Waals surface area contributed by atoms with Crippen LogP contribution >= 0.6 is 11.6 Å². The number of rotatable bonds is 13. The van der Waals surface area contributed by atoms with Gasteiger partial charge in [0.1, 0.15) is 12.1 Å². The first-order chi connectivity index (χ1) is 23.8. The first-order valence-corrected chi connectivity index (χ1v) is 19.2. The maximum Gasteiger partial charge on any atom is 0.246 e. The molecule has 272 valence electrons. The summed E-state index contributed by atoms with van der Waals surface area (Å²) in [6, 6.07) is 4.43. The summed E-state index contributed by atoms with van der Waals surface area (Å²) in [5.41, 5.74) is -0.196. The Morgan fingerprint density at radius 3 is 2.44 bits per heavy atom. The van der Waals surface area contributed by atoms with E-state index in [1.807, 2.05) is 39.8 Å². The van der Waals surface area contributed by atoms with Crippen LogP contribution in [0.15, 0.2) is 29.4 Å². The van der Waals surface area contributed by atoms with Gasteiger partial charge in [0.05, 0.1) is 18.3 Å². The van der Waals surface area contributed by atoms with Gasteiger partial charge in [-0.2, -0.15) is 0 Å². The van der Waals surface area contributed by atoms with Gasteiger partial charge in [0.2, 0.25) is 29.3 Å². The summed E-state index contributed by atoms with van der Waals surface area (Å²) in [6.07, 6.45) is 10.3. The molecule has 3 aliphatic carbocycles. The van der Waals surface area contributed by atoms with E-state index in [1.54, 1.807) is 12.1 Å². The second-order valence-electron chi connectivity index (χ2n) is 16.7. The molecular formula is C39H53ClN4O6. The Morgan fingerprint density at radius 1 is 1.04 bits per heavy atom. The van der Waals surface area contributed by atoms with Crippen LogP contribution in [0, 0.1) is 29.1 Å². The highest BCUT2D eigenvalue weighted by Crippen LogP contribution is 2.50. The van der Waals surface area contributed by atoms with Crippen LogP contribution < -0.4 is 10.6 Å². The number of carbonyl (C=O) groups excluding carboxylic acids is 5. The summed E-state index contributed by atoms with van der Waals surface area (Å²) >= 11 is 6.27. The van der Waals surface area contributed by atoms with Crippen molar-refractivity contribution in [2.75, 3.05) is 6.54 Å². The number of nitrogens with zero attached hydrogens (tertiary/aromatic N) is 2. The number of hydrogen-bond acceptors (Lipinski definition) is 7. The van der Waals surface area contributed by atoms with Crippen molar-refractivity contribution in [1.29, 1.82) is 0 Å². The number of oxime groups is 1. The summed E-state index contributed by atoms with van der Waals surface area (Å²) in [4.78, 5) is 76.3. The summed E-state index contributed by atoms with van der Waals surface area (Å²) in [7, 11) is 0. The first kappa shape index (κ1) is 36.5. The molecule has 3 saturated carbocycles. The lowest BCUT2D eigenvalue weighted by atomic mass is 9.84. The zero-order chi connectivity index (χ0) is 35.8. The summed E-state index contributed by atoms with van der Waals surface area (Å²) < 4.78 is 0. The molecule has 6 atom stereocenters. The Kier molecular flexibility index (Phi) is 10.8. The molecule has 0 radical (unpaired) electrons. The number of nitrogens with one attached hydrogen (secondary N) is 2. The van der Waals surface area contributed by atoms with Gasteiger partial charge in [-0.05, 0) is 61.0 Å². The zero-order valence-electron chi connectivity index (χ0n) is 30.0. The molecule has 0 bridgehead atoms. The number of amides is 3. The normalized spacial score (nSPS) is 27.7. The van der Waals surface area contributed by atoms with Crippen LogP contribution in [-0.4, -0.2) is 70.2 Å². The summed E-state index contributed by atoms with van der Waals surface area (Å²) in [6.45, 7) is 7.71. The minimum Gasteiger partial charge on any atom is -0.387 e. The molecule has 10 nitrogen and oxygen atoms in total. The second kappa shape index (κ2) is 14.8. The third kappa shape index (κ3) is 8.27. The molecular weight excluding hydrogens is 656 g/mol. The number of hydrogen-bond donors (Lipinski definition) is 2. The maximum atomic E-state index is 14.7. The lowest BCUT2D eigenvalue weighted by molar-refractivity contribution is -0.145. The Morgan fingerprint density at radius 2 is 1.78 bits per heavy atom. The molecule has 11 heteroatoms. The van der Waals surface area contributed by atoms with Crippen molar-refractivity contribution >= 4 is 46.6 Å². The third-order valence-electron chi connectivity index (χ3n) is 11.5. The molecule has 50 heavy (non-hydrogen) atoms. The molecule has 2 aliphatic heterocycles. The molecule has 1 aromatic carbocycles. The van der Waals surface area contributed by atoms with Gasteiger partial charge in [0.15, 0.2) is 5.60 Å². The van der Waals surface area contributed by atoms with Gasteiger partial charge in [-0.25, -0.2) is 0 Å². The lowest BCUT2D eigenvalue weighted by Gasteiger charge is -2.36. The predicted molar refractivity (Wildman–Crippen MR) is 190 cm³/mol. The molecule has 3 amide bonds. The number of Topliss-reactive ketones (excluding diaryl/α,β-unsaturated/α-hetero) is 2. The third-order valence-corrected chi connectivity index (χ3v) is 11.7. The Hall–Kier alpha value is -3.27. The van der Waals surface area contributed by atoms with Gasteiger partial charge < -0.3 is 20.4 Å². The van der Waals surface area contributed by atoms with E-state index in [0.29, 0.717) is 41.8 Å². The van der Waals surface area contributed by atoms with Gasteiger partial charge in [0.25, 0.3) is 0 Å². The fourth-order valence-corrected chi connectivity index (χ4v) is 8.51. The van der Waals surface area contributed by atoms with Crippen LogP contribution in [0.25, 0.3) is 0 Å². The Bertz CT molecular complexity index is 1530. The van der Waals surface area contributed by atoms with E-state index >= 15 is 0 Å². The number of likely N-dealkylation sites (tertiary alicyclic amines) is 1. The number of benzene rings is 1. The fourth-order valence-electron chi connectivity index (χ4n) is 8.32. The van der Waals surface area contributed by atoms with Crippen molar-refractivity contribution in [2.24, 2.45) is 34.2 Å². The van der Waals surface area contributed by atoms with Crippen molar-refractivity contribution in [2.45, 2.75) is 135 Å². The van der Waals surface area contributed by atoms with E-state index < -0.39 is 46.6 Å². The topological polar surface area (TPSA) is 134 Å². The Labute approximate surface area is 300 Å². The summed E-state index contributed by atoms with van der Waals surface area (Å²) in [5.74, 6) is -0.946. The van der Waals surface area contributed by atoms with E-state index in [9.17, 15) is 24.0 Å². The van der Waals surface area contributed by atoms with Gasteiger partial charge in [-0.3, -0.25) is 24.0 Å². The van der Waals surface area contributed by atoms with Crippen molar-refractivity contribution < 1.29 is 28.8 Å². The van der Waals surface area contributed by atoms with Crippen LogP contribution in [0.4, 0.5) is 0 Å². The molecule has 1 aromatic rings. The Balaban J connectivity index is 1.22. The van der Waals surface area contributed by atoms with E-state index in [1.165, 1.54) is 24.2 Å². The minimum atomic E-state index is -1.00. The second-order valence-corrected chi connectivity index (χ2v) is 17.1. The molecule has 2 N–H and O–H groups in total. The lowest BCUT2D eigenvalue weighted by Crippen LogP contribution is -2.59. The van der Waals surface area contributed by atoms with E-state index in [-0.39, 0.29) is 43.0 Å². The molecule has 5 aliphatic rings. The SMILES string of the molecule is CCC[C@H](NC(=O)[C@@H]1C[C@]2(CC(c3cccc(Cl)c3)=NO2)CN1C(=O)[C@@H](NC(=O)C1C[C@@H]1C1CCCCC1)C(C)(C)C)C(=O)C(=O)CC1CC1. The zero-order valence-corrected chi connectivity index (χ0v) is 30.7. The largest absolute Gasteiger partial charge is 0.387 e. The van der Waals surface area contributed by atoms with Crippen LogP contribution in [0.1, 0.15) is 117 Å². The highest BCUT2D eigenvalue weighted by Gasteiger charge is 2.56. The average Bonchev–Trinajstić information content (AvgIpc) is 4.00. The monoisotopic (exact) mass is 708 g/mol. The standard InChI is InChI=1S/C39H53ClN4O6/c1-5-10-29(33(46)32(45)17-23-15-16-23)41-36(48)31-21-39(20-30(43-50-39)25-13-9-14-26(40)18-25)22-44(31)37(49)34(38(2,3)4)42-35(47)28-19-27(28)24-11-7-6-8-12-24/h9,13-14,18,23-24,27-29,31,34H,5-8,10-12,15-17,19-22H2,1-4H3,(H,41,48)(H,42,47)/t27-,28?,29+,31+,34-,39-/m1/s1.